The molecule has 2 aliphatic rings. The molecule has 2 N–H and O–H groups in total. The summed E-state index contributed by atoms with van der Waals surface area (Å²) in [6, 6.07) is 0.342. The van der Waals surface area contributed by atoms with Crippen LogP contribution in [0.1, 0.15) is 45.4 Å². The third-order valence-electron chi connectivity index (χ3n) is 5.63. The smallest absolute Gasteiger partial charge is 0.220 e. The van der Waals surface area contributed by atoms with E-state index in [0.717, 1.165) is 25.0 Å². The molecule has 0 saturated carbocycles. The van der Waals surface area contributed by atoms with Crippen molar-refractivity contribution < 1.29 is 33.3 Å². The zero-order valence-corrected chi connectivity index (χ0v) is 20.6. The van der Waals surface area contributed by atoms with Crippen LogP contribution in [0, 0.1) is 5.92 Å². The zero-order chi connectivity index (χ0) is 23.7. The lowest BCUT2D eigenvalue weighted by Gasteiger charge is -2.17. The summed E-state index contributed by atoms with van der Waals surface area (Å²) in [5.41, 5.74) is 0. The van der Waals surface area contributed by atoms with Gasteiger partial charge in [-0.25, -0.2) is 0 Å². The normalized spacial score (nSPS) is 21.7. The zero-order valence-electron chi connectivity index (χ0n) is 19.8. The first-order valence-electron chi connectivity index (χ1n) is 12.0. The highest BCUT2D eigenvalue weighted by Gasteiger charge is 2.42. The molecule has 2 rings (SSSR count). The standard InChI is InChI=1S/C23H40N2O7S/c1-18(26)6-8-29-10-12-31-14-15-32-13-11-30-9-7-24-21(27)5-3-2-4-20-23-19(17-33-20)16-22(28)25-23/h19-20,23H,2-17H2,1H3,(H,24,27)(H,25,28). The number of fused-ring (bicyclic) bond motifs is 1. The highest BCUT2D eigenvalue weighted by Crippen LogP contribution is 2.39. The van der Waals surface area contributed by atoms with Crippen LogP contribution in [-0.2, 0) is 33.3 Å². The van der Waals surface area contributed by atoms with Crippen molar-refractivity contribution >= 4 is 29.4 Å². The van der Waals surface area contributed by atoms with E-state index < -0.39 is 0 Å². The van der Waals surface area contributed by atoms with Gasteiger partial charge in [0, 0.05) is 37.1 Å². The molecule has 2 saturated heterocycles. The number of Topliss-reactive ketones (excluding diaryl/α,β-unsaturated/α-hetero) is 1. The molecule has 0 aliphatic carbocycles. The molecule has 2 heterocycles. The van der Waals surface area contributed by atoms with Crippen molar-refractivity contribution in [2.75, 3.05) is 65.2 Å². The van der Waals surface area contributed by atoms with Crippen LogP contribution in [0.3, 0.4) is 0 Å². The molecule has 0 bridgehead atoms. The van der Waals surface area contributed by atoms with Gasteiger partial charge >= 0.3 is 0 Å². The highest BCUT2D eigenvalue weighted by molar-refractivity contribution is 8.00. The molecule has 0 radical (unpaired) electrons. The molecule has 2 aliphatic heterocycles. The van der Waals surface area contributed by atoms with Crippen molar-refractivity contribution in [3.63, 3.8) is 0 Å². The molecule has 190 valence electrons. The predicted molar refractivity (Wildman–Crippen MR) is 126 cm³/mol. The molecule has 0 aromatic heterocycles. The minimum atomic E-state index is 0.0587. The Bertz CT molecular complexity index is 593. The number of hydrogen-bond donors (Lipinski definition) is 2. The second-order valence-electron chi connectivity index (χ2n) is 8.43. The number of hydrogen-bond acceptors (Lipinski definition) is 8. The number of carbonyl (C=O) groups excluding carboxylic acids is 3. The maximum Gasteiger partial charge on any atom is 0.220 e. The molecule has 33 heavy (non-hydrogen) atoms. The molecule has 9 nitrogen and oxygen atoms in total. The summed E-state index contributed by atoms with van der Waals surface area (Å²) in [6.07, 6.45) is 4.59. The van der Waals surface area contributed by atoms with Crippen molar-refractivity contribution in [3.05, 3.63) is 0 Å². The van der Waals surface area contributed by atoms with Gasteiger partial charge < -0.3 is 29.6 Å². The third-order valence-corrected chi connectivity index (χ3v) is 7.21. The molecule has 2 amide bonds. The van der Waals surface area contributed by atoms with E-state index in [1.807, 2.05) is 11.8 Å². The predicted octanol–water partition coefficient (Wildman–Crippen LogP) is 1.33. The first-order valence-corrected chi connectivity index (χ1v) is 13.1. The Morgan fingerprint density at radius 3 is 2.24 bits per heavy atom. The van der Waals surface area contributed by atoms with Crippen molar-refractivity contribution in [3.8, 4) is 0 Å². The maximum absolute atomic E-state index is 11.9. The van der Waals surface area contributed by atoms with Gasteiger partial charge in [-0.15, -0.1) is 0 Å². The van der Waals surface area contributed by atoms with E-state index in [4.69, 9.17) is 18.9 Å². The van der Waals surface area contributed by atoms with Crippen molar-refractivity contribution in [2.45, 2.75) is 56.7 Å². The Balaban J connectivity index is 1.28. The monoisotopic (exact) mass is 488 g/mol. The number of nitrogens with one attached hydrogen (secondary N) is 2. The van der Waals surface area contributed by atoms with Crippen LogP contribution in [0.2, 0.25) is 0 Å². The Morgan fingerprint density at radius 2 is 1.58 bits per heavy atom. The number of carbonyl (C=O) groups is 3. The quantitative estimate of drug-likeness (QED) is 0.247. The van der Waals surface area contributed by atoms with Gasteiger partial charge in [-0.2, -0.15) is 11.8 Å². The summed E-state index contributed by atoms with van der Waals surface area (Å²) in [7, 11) is 0. The van der Waals surface area contributed by atoms with Gasteiger partial charge in [0.1, 0.15) is 5.78 Å². The fourth-order valence-corrected chi connectivity index (χ4v) is 5.51. The molecular formula is C23H40N2O7S. The first-order chi connectivity index (χ1) is 16.1. The van der Waals surface area contributed by atoms with Gasteiger partial charge in [0.25, 0.3) is 0 Å². The van der Waals surface area contributed by atoms with E-state index in [1.165, 1.54) is 0 Å². The number of amides is 2. The van der Waals surface area contributed by atoms with E-state index in [0.29, 0.717) is 95.9 Å². The molecule has 3 unspecified atom stereocenters. The molecule has 0 aromatic rings. The number of rotatable bonds is 20. The van der Waals surface area contributed by atoms with E-state index in [1.54, 1.807) is 6.92 Å². The largest absolute Gasteiger partial charge is 0.379 e. The average molecular weight is 489 g/mol. The van der Waals surface area contributed by atoms with Crippen LogP contribution in [0.25, 0.3) is 0 Å². The Morgan fingerprint density at radius 1 is 0.939 bits per heavy atom. The lowest BCUT2D eigenvalue weighted by Crippen LogP contribution is -2.34. The first kappa shape index (κ1) is 28.0. The van der Waals surface area contributed by atoms with Gasteiger partial charge in [-0.3, -0.25) is 14.4 Å². The Kier molecular flexibility index (Phi) is 14.7. The SMILES string of the molecule is CC(=O)CCOCCOCCOCCOCCNC(=O)CCCCC1SCC2CC(=O)NC21. The molecule has 10 heteroatoms. The number of ether oxygens (including phenoxy) is 4. The summed E-state index contributed by atoms with van der Waals surface area (Å²) in [5, 5.41) is 6.49. The maximum atomic E-state index is 11.9. The van der Waals surface area contributed by atoms with Crippen LogP contribution in [0.4, 0.5) is 0 Å². The van der Waals surface area contributed by atoms with E-state index >= 15 is 0 Å². The van der Waals surface area contributed by atoms with Gasteiger partial charge in [-0.1, -0.05) is 6.42 Å². The molecule has 0 spiro atoms. The van der Waals surface area contributed by atoms with E-state index in [-0.39, 0.29) is 17.6 Å². The van der Waals surface area contributed by atoms with Gasteiger partial charge in [0.2, 0.25) is 11.8 Å². The van der Waals surface area contributed by atoms with Crippen LogP contribution < -0.4 is 10.6 Å². The summed E-state index contributed by atoms with van der Waals surface area (Å²) >= 11 is 1.96. The second kappa shape index (κ2) is 17.3. The Labute approximate surface area is 201 Å². The van der Waals surface area contributed by atoms with Crippen molar-refractivity contribution in [2.24, 2.45) is 5.92 Å². The van der Waals surface area contributed by atoms with Gasteiger partial charge in [-0.05, 0) is 31.4 Å². The lowest BCUT2D eigenvalue weighted by molar-refractivity contribution is -0.121. The molecular weight excluding hydrogens is 448 g/mol. The van der Waals surface area contributed by atoms with E-state index in [9.17, 15) is 14.4 Å². The molecule has 3 atom stereocenters. The minimum absolute atomic E-state index is 0.0587. The van der Waals surface area contributed by atoms with Gasteiger partial charge in [0.05, 0.1) is 52.9 Å². The number of unbranched alkanes of at least 4 members (excludes halogenated alkanes) is 1. The average Bonchev–Trinajstić information content (AvgIpc) is 3.33. The number of ketones is 1. The second-order valence-corrected chi connectivity index (χ2v) is 9.70. The minimum Gasteiger partial charge on any atom is -0.379 e. The van der Waals surface area contributed by atoms with Gasteiger partial charge in [0.15, 0.2) is 0 Å². The Hall–Kier alpha value is -1.20. The summed E-state index contributed by atoms with van der Waals surface area (Å²) < 4.78 is 21.5. The van der Waals surface area contributed by atoms with Crippen LogP contribution in [-0.4, -0.2) is 94.0 Å². The van der Waals surface area contributed by atoms with E-state index in [2.05, 4.69) is 10.6 Å². The van der Waals surface area contributed by atoms with Crippen molar-refractivity contribution in [1.29, 1.82) is 0 Å². The summed E-state index contributed by atoms with van der Waals surface area (Å²) in [5.74, 6) is 1.96. The summed E-state index contributed by atoms with van der Waals surface area (Å²) in [4.78, 5) is 34.2. The summed E-state index contributed by atoms with van der Waals surface area (Å²) in [6.45, 7) is 5.83. The molecule has 2 fully saturated rings. The fourth-order valence-electron chi connectivity index (χ4n) is 3.86. The fraction of sp³-hybridized carbons (Fsp3) is 0.870. The van der Waals surface area contributed by atoms with Crippen molar-refractivity contribution in [1.82, 2.24) is 10.6 Å². The number of thioether (sulfide) groups is 1. The highest BCUT2D eigenvalue weighted by atomic mass is 32.2. The molecule has 0 aromatic carbocycles. The van der Waals surface area contributed by atoms with Crippen LogP contribution in [0.15, 0.2) is 0 Å². The van der Waals surface area contributed by atoms with Crippen LogP contribution >= 0.6 is 11.8 Å². The topological polar surface area (TPSA) is 112 Å². The van der Waals surface area contributed by atoms with Crippen LogP contribution in [0.5, 0.6) is 0 Å². The third kappa shape index (κ3) is 12.7. The lowest BCUT2D eigenvalue weighted by atomic mass is 9.97.